The number of aliphatic hydroxyl groups excluding tert-OH is 3. The molecule has 0 bridgehead atoms. The monoisotopic (exact) mass is 446 g/mol. The van der Waals surface area contributed by atoms with E-state index in [0.717, 1.165) is 22.4 Å². The van der Waals surface area contributed by atoms with Gasteiger partial charge in [0.05, 0.1) is 19.8 Å². The lowest BCUT2D eigenvalue weighted by molar-refractivity contribution is -0.229. The summed E-state index contributed by atoms with van der Waals surface area (Å²) in [5, 5.41) is 31.1. The first kappa shape index (κ1) is 24.0. The van der Waals surface area contributed by atoms with Crippen molar-refractivity contribution in [3.05, 3.63) is 65.2 Å². The molecule has 0 aliphatic carbocycles. The average molecular weight is 446 g/mol. The van der Waals surface area contributed by atoms with E-state index in [9.17, 15) is 20.1 Å². The van der Waals surface area contributed by atoms with E-state index in [1.807, 2.05) is 48.5 Å². The molecule has 0 saturated carbocycles. The first-order chi connectivity index (χ1) is 15.4. The smallest absolute Gasteiger partial charge is 0.497 e. The minimum atomic E-state index is -1.43. The highest BCUT2D eigenvalue weighted by atomic mass is 16.7. The van der Waals surface area contributed by atoms with Crippen molar-refractivity contribution in [2.24, 2.45) is 0 Å². The number of carbonyl (C=O) groups excluding carboxylic acids is 1. The predicted octanol–water partition coefficient (Wildman–Crippen LogP) is 1.85. The van der Waals surface area contributed by atoms with E-state index < -0.39 is 36.7 Å². The average Bonchev–Trinajstić information content (AvgIpc) is 2.80. The van der Waals surface area contributed by atoms with Gasteiger partial charge in [-0.2, -0.15) is 0 Å². The van der Waals surface area contributed by atoms with Crippen LogP contribution in [-0.2, 0) is 27.1 Å². The maximum atomic E-state index is 11.5. The number of rotatable bonds is 8. The summed E-state index contributed by atoms with van der Waals surface area (Å²) in [7, 11) is 1.62. The van der Waals surface area contributed by atoms with Crippen LogP contribution >= 0.6 is 0 Å². The molecule has 1 aliphatic heterocycles. The number of hydrogen-bond acceptors (Lipinski definition) is 8. The number of hydrogen-bond donors (Lipinski definition) is 3. The van der Waals surface area contributed by atoms with Crippen LogP contribution in [0.25, 0.3) is 0 Å². The van der Waals surface area contributed by atoms with Crippen LogP contribution in [0, 0.1) is 0 Å². The second-order valence-corrected chi connectivity index (χ2v) is 7.68. The van der Waals surface area contributed by atoms with Crippen molar-refractivity contribution in [2.75, 3.05) is 20.3 Å². The Balaban J connectivity index is 1.71. The Kier molecular flexibility index (Phi) is 8.46. The van der Waals surface area contributed by atoms with Gasteiger partial charge in [-0.15, -0.1) is 0 Å². The van der Waals surface area contributed by atoms with Crippen LogP contribution in [0.4, 0.5) is 4.79 Å². The van der Waals surface area contributed by atoms with E-state index >= 15 is 0 Å². The van der Waals surface area contributed by atoms with Gasteiger partial charge < -0.3 is 34.3 Å². The number of methoxy groups -OCH3 is 1. The number of aliphatic hydroxyl groups is 3. The first-order valence-corrected chi connectivity index (χ1v) is 10.6. The summed E-state index contributed by atoms with van der Waals surface area (Å²) in [6, 6.07) is 15.6. The van der Waals surface area contributed by atoms with Gasteiger partial charge in [0.2, 0.25) is 0 Å². The molecule has 2 aromatic rings. The highest BCUT2D eigenvalue weighted by Crippen LogP contribution is 2.26. The summed E-state index contributed by atoms with van der Waals surface area (Å²) in [6.45, 7) is 1.50. The van der Waals surface area contributed by atoms with Crippen molar-refractivity contribution >= 4 is 6.16 Å². The Morgan fingerprint density at radius 2 is 1.56 bits per heavy atom. The molecule has 3 rings (SSSR count). The van der Waals surface area contributed by atoms with Gasteiger partial charge in [0.15, 0.2) is 0 Å². The van der Waals surface area contributed by atoms with Crippen molar-refractivity contribution in [3.8, 4) is 5.75 Å². The molecule has 0 spiro atoms. The van der Waals surface area contributed by atoms with Gasteiger partial charge in [-0.25, -0.2) is 4.79 Å². The molecule has 0 aromatic heterocycles. The highest BCUT2D eigenvalue weighted by Gasteiger charge is 2.44. The van der Waals surface area contributed by atoms with Crippen molar-refractivity contribution in [2.45, 2.75) is 50.3 Å². The Bertz CT molecular complexity index is 869. The zero-order valence-electron chi connectivity index (χ0n) is 18.2. The van der Waals surface area contributed by atoms with Crippen molar-refractivity contribution in [1.82, 2.24) is 0 Å². The van der Waals surface area contributed by atoms with E-state index in [-0.39, 0.29) is 13.2 Å². The van der Waals surface area contributed by atoms with E-state index in [2.05, 4.69) is 0 Å². The number of ether oxygens (including phenoxy) is 4. The zero-order valence-corrected chi connectivity index (χ0v) is 18.2. The molecule has 32 heavy (non-hydrogen) atoms. The van der Waals surface area contributed by atoms with E-state index in [1.54, 1.807) is 14.0 Å². The summed E-state index contributed by atoms with van der Waals surface area (Å²) in [6.07, 6.45) is -5.80. The van der Waals surface area contributed by atoms with Crippen LogP contribution in [0.3, 0.4) is 0 Å². The molecule has 8 nitrogen and oxygen atoms in total. The Morgan fingerprint density at radius 1 is 0.906 bits per heavy atom. The lowest BCUT2D eigenvalue weighted by Crippen LogP contribution is -2.59. The largest absolute Gasteiger partial charge is 0.508 e. The molecule has 174 valence electrons. The third-order valence-corrected chi connectivity index (χ3v) is 5.53. The molecule has 1 aliphatic rings. The predicted molar refractivity (Wildman–Crippen MR) is 116 cm³/mol. The summed E-state index contributed by atoms with van der Waals surface area (Å²) in [5.41, 5.74) is 3.09. The van der Waals surface area contributed by atoms with Gasteiger partial charge in [0.1, 0.15) is 36.8 Å². The lowest BCUT2D eigenvalue weighted by Gasteiger charge is -2.40. The van der Waals surface area contributed by atoms with E-state index in [4.69, 9.17) is 18.9 Å². The normalized spacial score (nSPS) is 25.2. The molecule has 3 N–H and O–H groups in total. The molecule has 8 heteroatoms. The summed E-state index contributed by atoms with van der Waals surface area (Å²) >= 11 is 0. The van der Waals surface area contributed by atoms with Crippen LogP contribution in [0.2, 0.25) is 0 Å². The fourth-order valence-electron chi connectivity index (χ4n) is 3.75. The quantitative estimate of drug-likeness (QED) is 0.527. The molecule has 0 amide bonds. The topological polar surface area (TPSA) is 115 Å². The van der Waals surface area contributed by atoms with Crippen LogP contribution in [-0.4, -0.2) is 72.3 Å². The second kappa shape index (κ2) is 11.3. The summed E-state index contributed by atoms with van der Waals surface area (Å²) in [4.78, 5) is 11.5. The SMILES string of the molecule is CCOC(=O)OC[C@H]1O[C@@H](Cc2ccccc2Cc2ccc(OC)cc2)[C@H](O)[C@@H](O)[C@@H]1O. The fourth-order valence-corrected chi connectivity index (χ4v) is 3.75. The number of carbonyl (C=O) groups is 1. The third-order valence-electron chi connectivity index (χ3n) is 5.53. The summed E-state index contributed by atoms with van der Waals surface area (Å²) < 4.78 is 20.7. The molecule has 1 saturated heterocycles. The maximum Gasteiger partial charge on any atom is 0.508 e. The van der Waals surface area contributed by atoms with Gasteiger partial charge in [-0.05, 0) is 42.2 Å². The van der Waals surface area contributed by atoms with Crippen molar-refractivity contribution in [3.63, 3.8) is 0 Å². The molecule has 2 aromatic carbocycles. The van der Waals surface area contributed by atoms with Gasteiger partial charge in [-0.3, -0.25) is 0 Å². The van der Waals surface area contributed by atoms with Gasteiger partial charge in [0.25, 0.3) is 0 Å². The molecular weight excluding hydrogens is 416 g/mol. The van der Waals surface area contributed by atoms with Crippen molar-refractivity contribution < 1.29 is 39.1 Å². The van der Waals surface area contributed by atoms with Crippen LogP contribution in [0.15, 0.2) is 48.5 Å². The number of benzene rings is 2. The van der Waals surface area contributed by atoms with Crippen LogP contribution in [0.5, 0.6) is 5.75 Å². The van der Waals surface area contributed by atoms with E-state index in [0.29, 0.717) is 12.8 Å². The standard InChI is InChI=1S/C24H30O8/c1-3-30-24(28)31-14-20-22(26)23(27)21(25)19(32-20)13-17-7-5-4-6-16(17)12-15-8-10-18(29-2)11-9-15/h4-11,19-23,25-27H,3,12-14H2,1-2H3/t19-,20+,21-,22+,23+/m0/s1. The fraction of sp³-hybridized carbons (Fsp3) is 0.458. The third kappa shape index (κ3) is 5.98. The maximum absolute atomic E-state index is 11.5. The Labute approximate surface area is 187 Å². The van der Waals surface area contributed by atoms with Crippen LogP contribution in [0.1, 0.15) is 23.6 Å². The van der Waals surface area contributed by atoms with Crippen molar-refractivity contribution in [1.29, 1.82) is 0 Å². The minimum absolute atomic E-state index is 0.155. The Hall–Kier alpha value is -2.65. The molecule has 0 unspecified atom stereocenters. The van der Waals surface area contributed by atoms with Gasteiger partial charge in [-0.1, -0.05) is 36.4 Å². The lowest BCUT2D eigenvalue weighted by atomic mass is 9.89. The zero-order chi connectivity index (χ0) is 23.1. The summed E-state index contributed by atoms with van der Waals surface area (Å²) in [5.74, 6) is 0.782. The molecular formula is C24H30O8. The van der Waals surface area contributed by atoms with Gasteiger partial charge >= 0.3 is 6.16 Å². The molecule has 5 atom stereocenters. The minimum Gasteiger partial charge on any atom is -0.497 e. The van der Waals surface area contributed by atoms with Crippen LogP contribution < -0.4 is 4.74 Å². The first-order valence-electron chi connectivity index (χ1n) is 10.6. The van der Waals surface area contributed by atoms with E-state index in [1.165, 1.54) is 0 Å². The van der Waals surface area contributed by atoms with Gasteiger partial charge in [0, 0.05) is 6.42 Å². The molecule has 0 radical (unpaired) electrons. The Morgan fingerprint density at radius 3 is 2.22 bits per heavy atom. The second-order valence-electron chi connectivity index (χ2n) is 7.68. The highest BCUT2D eigenvalue weighted by molar-refractivity contribution is 5.59. The molecule has 1 fully saturated rings. The molecule has 1 heterocycles.